The Morgan fingerprint density at radius 1 is 1.50 bits per heavy atom. The fourth-order valence-electron chi connectivity index (χ4n) is 2.74. The Morgan fingerprint density at radius 2 is 2.39 bits per heavy atom. The summed E-state index contributed by atoms with van der Waals surface area (Å²) in [5.74, 6) is 0.410. The molecule has 1 atom stereocenters. The molecule has 0 aliphatic carbocycles. The van der Waals surface area contributed by atoms with E-state index in [1.165, 1.54) is 18.4 Å². The van der Waals surface area contributed by atoms with Crippen molar-refractivity contribution in [1.82, 2.24) is 9.88 Å². The van der Waals surface area contributed by atoms with Crippen LogP contribution >= 0.6 is 0 Å². The van der Waals surface area contributed by atoms with Crippen LogP contribution in [-0.4, -0.2) is 17.7 Å². The van der Waals surface area contributed by atoms with Crippen molar-refractivity contribution >= 4 is 11.1 Å². The summed E-state index contributed by atoms with van der Waals surface area (Å²) in [6.45, 7) is 2.24. The van der Waals surface area contributed by atoms with Gasteiger partial charge in [0.25, 0.3) is 0 Å². The zero-order valence-electron chi connectivity index (χ0n) is 10.6. The molecule has 0 saturated carbocycles. The molecule has 0 bridgehead atoms. The molecule has 1 aromatic carbocycles. The smallest absolute Gasteiger partial charge is 0.408 e. The van der Waals surface area contributed by atoms with Gasteiger partial charge < -0.3 is 9.73 Å². The molecule has 1 fully saturated rings. The van der Waals surface area contributed by atoms with E-state index >= 15 is 0 Å². The average molecular weight is 246 g/mol. The number of piperidine rings is 1. The van der Waals surface area contributed by atoms with Crippen LogP contribution in [-0.2, 0) is 13.5 Å². The SMILES string of the molecule is Cn1c(=O)oc2cc(CC3CCCNC3)ccc21. The second-order valence-electron chi connectivity index (χ2n) is 5.15. The number of nitrogens with zero attached hydrogens (tertiary/aromatic N) is 1. The number of aromatic nitrogens is 1. The second-order valence-corrected chi connectivity index (χ2v) is 5.15. The predicted octanol–water partition coefficient (Wildman–Crippen LogP) is 1.67. The van der Waals surface area contributed by atoms with Gasteiger partial charge in [-0.25, -0.2) is 4.79 Å². The van der Waals surface area contributed by atoms with Crippen LogP contribution in [0.2, 0.25) is 0 Å². The van der Waals surface area contributed by atoms with Crippen LogP contribution in [0, 0.1) is 5.92 Å². The van der Waals surface area contributed by atoms with Gasteiger partial charge in [0.2, 0.25) is 0 Å². The van der Waals surface area contributed by atoms with E-state index in [0.29, 0.717) is 11.5 Å². The molecule has 1 aliphatic rings. The number of hydrogen-bond acceptors (Lipinski definition) is 3. The Hall–Kier alpha value is -1.55. The van der Waals surface area contributed by atoms with Crippen LogP contribution in [0.3, 0.4) is 0 Å². The highest BCUT2D eigenvalue weighted by molar-refractivity contribution is 5.73. The van der Waals surface area contributed by atoms with Crippen molar-refractivity contribution in [3.63, 3.8) is 0 Å². The van der Waals surface area contributed by atoms with Crippen LogP contribution in [0.25, 0.3) is 11.1 Å². The fraction of sp³-hybridized carbons (Fsp3) is 0.500. The maximum atomic E-state index is 11.4. The van der Waals surface area contributed by atoms with E-state index in [4.69, 9.17) is 4.42 Å². The van der Waals surface area contributed by atoms with Gasteiger partial charge in [-0.05, 0) is 56.0 Å². The minimum absolute atomic E-state index is 0.290. The predicted molar refractivity (Wildman–Crippen MR) is 70.8 cm³/mol. The first kappa shape index (κ1) is 11.5. The summed E-state index contributed by atoms with van der Waals surface area (Å²) in [4.78, 5) is 11.4. The third-order valence-corrected chi connectivity index (χ3v) is 3.78. The van der Waals surface area contributed by atoms with Crippen LogP contribution in [0.4, 0.5) is 0 Å². The van der Waals surface area contributed by atoms with Crippen molar-refractivity contribution in [2.75, 3.05) is 13.1 Å². The van der Waals surface area contributed by atoms with E-state index in [1.807, 2.05) is 12.1 Å². The number of nitrogens with one attached hydrogen (secondary N) is 1. The molecule has 1 unspecified atom stereocenters. The van der Waals surface area contributed by atoms with E-state index in [-0.39, 0.29) is 5.76 Å². The molecule has 1 aromatic heterocycles. The molecule has 4 nitrogen and oxygen atoms in total. The third-order valence-electron chi connectivity index (χ3n) is 3.78. The van der Waals surface area contributed by atoms with Crippen molar-refractivity contribution in [3.05, 3.63) is 34.3 Å². The Bertz CT molecular complexity index is 606. The quantitative estimate of drug-likeness (QED) is 0.877. The van der Waals surface area contributed by atoms with E-state index in [9.17, 15) is 4.79 Å². The van der Waals surface area contributed by atoms with Gasteiger partial charge in [0.05, 0.1) is 5.52 Å². The molecule has 1 N–H and O–H groups in total. The Labute approximate surface area is 106 Å². The molecule has 1 saturated heterocycles. The lowest BCUT2D eigenvalue weighted by molar-refractivity contribution is 0.376. The van der Waals surface area contributed by atoms with Crippen LogP contribution in [0.5, 0.6) is 0 Å². The molecule has 18 heavy (non-hydrogen) atoms. The normalized spacial score (nSPS) is 20.4. The first-order valence-electron chi connectivity index (χ1n) is 6.53. The van der Waals surface area contributed by atoms with Crippen LogP contribution < -0.4 is 11.1 Å². The zero-order valence-corrected chi connectivity index (χ0v) is 10.6. The number of rotatable bonds is 2. The topological polar surface area (TPSA) is 47.2 Å². The summed E-state index contributed by atoms with van der Waals surface area (Å²) in [7, 11) is 1.74. The van der Waals surface area contributed by atoms with Crippen molar-refractivity contribution in [2.45, 2.75) is 19.3 Å². The lowest BCUT2D eigenvalue weighted by atomic mass is 9.92. The van der Waals surface area contributed by atoms with Crippen molar-refractivity contribution in [2.24, 2.45) is 13.0 Å². The summed E-state index contributed by atoms with van der Waals surface area (Å²) in [5, 5.41) is 3.43. The third kappa shape index (κ3) is 2.08. The summed E-state index contributed by atoms with van der Waals surface area (Å²) in [6.07, 6.45) is 3.60. The number of hydrogen-bond donors (Lipinski definition) is 1. The van der Waals surface area contributed by atoms with Gasteiger partial charge in [-0.2, -0.15) is 0 Å². The van der Waals surface area contributed by atoms with Gasteiger partial charge in [-0.1, -0.05) is 6.07 Å². The molecule has 3 rings (SSSR count). The zero-order chi connectivity index (χ0) is 12.5. The number of fused-ring (bicyclic) bond motifs is 1. The van der Waals surface area contributed by atoms with E-state index in [2.05, 4.69) is 11.4 Å². The first-order valence-corrected chi connectivity index (χ1v) is 6.53. The summed E-state index contributed by atoms with van der Waals surface area (Å²) >= 11 is 0. The molecule has 2 heterocycles. The van der Waals surface area contributed by atoms with E-state index < -0.39 is 0 Å². The maximum Gasteiger partial charge on any atom is 0.419 e. The highest BCUT2D eigenvalue weighted by Crippen LogP contribution is 2.20. The van der Waals surface area contributed by atoms with Gasteiger partial charge in [0.15, 0.2) is 5.58 Å². The Morgan fingerprint density at radius 3 is 3.17 bits per heavy atom. The first-order chi connectivity index (χ1) is 8.74. The van der Waals surface area contributed by atoms with Crippen LogP contribution in [0.1, 0.15) is 18.4 Å². The molecule has 0 spiro atoms. The molecular formula is C14H18N2O2. The highest BCUT2D eigenvalue weighted by atomic mass is 16.4. The van der Waals surface area contributed by atoms with Gasteiger partial charge >= 0.3 is 5.76 Å². The maximum absolute atomic E-state index is 11.4. The summed E-state index contributed by atoms with van der Waals surface area (Å²) in [6, 6.07) is 6.09. The molecular weight excluding hydrogens is 228 g/mol. The highest BCUT2D eigenvalue weighted by Gasteiger charge is 2.14. The largest absolute Gasteiger partial charge is 0.419 e. The fourth-order valence-corrected chi connectivity index (χ4v) is 2.74. The lowest BCUT2D eigenvalue weighted by Gasteiger charge is -2.22. The number of benzene rings is 1. The summed E-state index contributed by atoms with van der Waals surface area (Å²) < 4.78 is 6.76. The van der Waals surface area contributed by atoms with E-state index in [1.54, 1.807) is 11.6 Å². The van der Waals surface area contributed by atoms with Crippen molar-refractivity contribution in [1.29, 1.82) is 0 Å². The van der Waals surface area contributed by atoms with Crippen LogP contribution in [0.15, 0.2) is 27.4 Å². The molecule has 0 amide bonds. The molecule has 0 radical (unpaired) electrons. The molecule has 96 valence electrons. The number of aryl methyl sites for hydroxylation is 1. The Kier molecular flexibility index (Phi) is 2.96. The second kappa shape index (κ2) is 4.61. The van der Waals surface area contributed by atoms with Crippen molar-refractivity contribution in [3.8, 4) is 0 Å². The Balaban J connectivity index is 1.86. The minimum atomic E-state index is -0.290. The monoisotopic (exact) mass is 246 g/mol. The van der Waals surface area contributed by atoms with E-state index in [0.717, 1.165) is 25.0 Å². The van der Waals surface area contributed by atoms with Gasteiger partial charge in [-0.3, -0.25) is 4.57 Å². The molecule has 1 aliphatic heterocycles. The van der Waals surface area contributed by atoms with Gasteiger partial charge in [0, 0.05) is 7.05 Å². The number of oxazole rings is 1. The lowest BCUT2D eigenvalue weighted by Crippen LogP contribution is -2.30. The van der Waals surface area contributed by atoms with Crippen molar-refractivity contribution < 1.29 is 4.42 Å². The molecule has 2 aromatic rings. The molecule has 4 heteroatoms. The van der Waals surface area contributed by atoms with Gasteiger partial charge in [-0.15, -0.1) is 0 Å². The van der Waals surface area contributed by atoms with Gasteiger partial charge in [0.1, 0.15) is 0 Å². The minimum Gasteiger partial charge on any atom is -0.408 e. The summed E-state index contributed by atoms with van der Waals surface area (Å²) in [5.41, 5.74) is 2.82. The average Bonchev–Trinajstić information content (AvgIpc) is 2.66. The standard InChI is InChI=1S/C14H18N2O2/c1-16-12-5-4-10(8-13(12)18-14(16)17)7-11-3-2-6-15-9-11/h4-5,8,11,15H,2-3,6-7,9H2,1H3.